The molecule has 2 N–H and O–H groups in total. The highest BCUT2D eigenvalue weighted by molar-refractivity contribution is 7.87. The van der Waals surface area contributed by atoms with Crippen LogP contribution in [-0.2, 0) is 19.7 Å². The quantitative estimate of drug-likeness (QED) is 0.725. The molecule has 1 aromatic carbocycles. The van der Waals surface area contributed by atoms with Crippen LogP contribution in [0.3, 0.4) is 0 Å². The number of esters is 1. The molecule has 7 nitrogen and oxygen atoms in total. The van der Waals surface area contributed by atoms with E-state index in [1.807, 2.05) is 4.90 Å². The molecule has 1 atom stereocenters. The molecule has 1 heterocycles. The van der Waals surface area contributed by atoms with Crippen LogP contribution in [0.4, 0.5) is 4.39 Å². The summed E-state index contributed by atoms with van der Waals surface area (Å²) in [5.41, 5.74) is 0.263. The molecule has 0 spiro atoms. The zero-order chi connectivity index (χ0) is 17.7. The van der Waals surface area contributed by atoms with Crippen molar-refractivity contribution < 1.29 is 22.3 Å². The van der Waals surface area contributed by atoms with Gasteiger partial charge in [-0.15, -0.1) is 0 Å². The molecular formula is C15H22FN3O4S. The van der Waals surface area contributed by atoms with Crippen molar-refractivity contribution in [2.24, 2.45) is 0 Å². The number of piperidine rings is 1. The molecule has 0 aliphatic carbocycles. The fourth-order valence-corrected chi connectivity index (χ4v) is 3.63. The maximum Gasteiger partial charge on any atom is 0.327 e. The Morgan fingerprint density at radius 1 is 1.33 bits per heavy atom. The predicted octanol–water partition coefficient (Wildman–Crippen LogP) is 0.558. The molecule has 1 saturated heterocycles. The van der Waals surface area contributed by atoms with E-state index < -0.39 is 28.0 Å². The van der Waals surface area contributed by atoms with E-state index in [2.05, 4.69) is 9.44 Å². The standard InChI is InChI=1S/C15H22FN3O4S/c1-17-24(21,22)18-11-7-9-19(10-8-11)14(15(20)23-2)12-5-3-4-6-13(12)16/h3-6,11,14,17-18H,7-10H2,1-2H3/t14-/m0/s1. The number of hydrogen-bond acceptors (Lipinski definition) is 5. The summed E-state index contributed by atoms with van der Waals surface area (Å²) in [4.78, 5) is 14.0. The maximum atomic E-state index is 14.1. The molecule has 0 aromatic heterocycles. The summed E-state index contributed by atoms with van der Waals surface area (Å²) >= 11 is 0. The average Bonchev–Trinajstić information content (AvgIpc) is 2.58. The topological polar surface area (TPSA) is 87.7 Å². The molecule has 24 heavy (non-hydrogen) atoms. The van der Waals surface area contributed by atoms with Gasteiger partial charge in [0.15, 0.2) is 0 Å². The van der Waals surface area contributed by atoms with E-state index in [4.69, 9.17) is 4.74 Å². The number of hydrogen-bond donors (Lipinski definition) is 2. The number of halogens is 1. The van der Waals surface area contributed by atoms with Gasteiger partial charge in [0, 0.05) is 31.7 Å². The summed E-state index contributed by atoms with van der Waals surface area (Å²) < 4.78 is 46.8. The van der Waals surface area contributed by atoms with Crippen LogP contribution in [0.5, 0.6) is 0 Å². The van der Waals surface area contributed by atoms with Crippen molar-refractivity contribution in [3.63, 3.8) is 0 Å². The van der Waals surface area contributed by atoms with E-state index in [1.54, 1.807) is 18.2 Å². The molecule has 134 valence electrons. The molecule has 9 heteroatoms. The second-order valence-corrected chi connectivity index (χ2v) is 7.23. The van der Waals surface area contributed by atoms with E-state index in [-0.39, 0.29) is 11.6 Å². The van der Waals surface area contributed by atoms with Crippen molar-refractivity contribution in [3.05, 3.63) is 35.6 Å². The number of carbonyl (C=O) groups excluding carboxylic acids is 1. The molecular weight excluding hydrogens is 337 g/mol. The van der Waals surface area contributed by atoms with Gasteiger partial charge in [0.05, 0.1) is 7.11 Å². The minimum atomic E-state index is -3.51. The summed E-state index contributed by atoms with van der Waals surface area (Å²) in [6.07, 6.45) is 1.03. The Balaban J connectivity index is 2.11. The van der Waals surface area contributed by atoms with Gasteiger partial charge < -0.3 is 4.74 Å². The van der Waals surface area contributed by atoms with Gasteiger partial charge in [0.25, 0.3) is 10.2 Å². The zero-order valence-corrected chi connectivity index (χ0v) is 14.5. The first-order valence-corrected chi connectivity index (χ1v) is 9.13. The van der Waals surface area contributed by atoms with Crippen LogP contribution in [-0.4, -0.2) is 52.6 Å². The number of carbonyl (C=O) groups is 1. The molecule has 0 radical (unpaired) electrons. The van der Waals surface area contributed by atoms with Crippen molar-refractivity contribution in [3.8, 4) is 0 Å². The molecule has 1 aliphatic rings. The Hall–Kier alpha value is -1.55. The normalized spacial score (nSPS) is 18.3. The van der Waals surface area contributed by atoms with E-state index in [9.17, 15) is 17.6 Å². The van der Waals surface area contributed by atoms with E-state index in [1.165, 1.54) is 20.2 Å². The van der Waals surface area contributed by atoms with Gasteiger partial charge in [-0.05, 0) is 18.9 Å². The number of benzene rings is 1. The van der Waals surface area contributed by atoms with Crippen LogP contribution in [0, 0.1) is 5.82 Å². The van der Waals surface area contributed by atoms with Crippen molar-refractivity contribution >= 4 is 16.2 Å². The third-order valence-electron chi connectivity index (χ3n) is 4.11. The third kappa shape index (κ3) is 4.50. The fraction of sp³-hybridized carbons (Fsp3) is 0.533. The highest BCUT2D eigenvalue weighted by Crippen LogP contribution is 2.28. The van der Waals surface area contributed by atoms with Crippen LogP contribution in [0.2, 0.25) is 0 Å². The Morgan fingerprint density at radius 3 is 2.50 bits per heavy atom. The summed E-state index contributed by atoms with van der Waals surface area (Å²) in [5, 5.41) is 0. The maximum absolute atomic E-state index is 14.1. The summed E-state index contributed by atoms with van der Waals surface area (Å²) in [6, 6.07) is 5.04. The summed E-state index contributed by atoms with van der Waals surface area (Å²) in [6.45, 7) is 0.899. The van der Waals surface area contributed by atoms with Crippen molar-refractivity contribution in [2.45, 2.75) is 24.9 Å². The lowest BCUT2D eigenvalue weighted by Crippen LogP contribution is -2.49. The lowest BCUT2D eigenvalue weighted by molar-refractivity contribution is -0.148. The number of nitrogens with zero attached hydrogens (tertiary/aromatic N) is 1. The van der Waals surface area contributed by atoms with Crippen LogP contribution < -0.4 is 9.44 Å². The van der Waals surface area contributed by atoms with Crippen LogP contribution in [0.25, 0.3) is 0 Å². The SMILES string of the molecule is CNS(=O)(=O)NC1CCN([C@H](C(=O)OC)c2ccccc2F)CC1. The number of methoxy groups -OCH3 is 1. The minimum absolute atomic E-state index is 0.224. The molecule has 0 bridgehead atoms. The first kappa shape index (κ1) is 18.8. The van der Waals surface area contributed by atoms with Gasteiger partial charge in [-0.25, -0.2) is 13.9 Å². The van der Waals surface area contributed by atoms with Crippen molar-refractivity contribution in [2.75, 3.05) is 27.2 Å². The van der Waals surface area contributed by atoms with Gasteiger partial charge in [0.1, 0.15) is 11.9 Å². The first-order valence-electron chi connectivity index (χ1n) is 7.65. The zero-order valence-electron chi connectivity index (χ0n) is 13.7. The Bertz CT molecular complexity index is 675. The molecule has 0 saturated carbocycles. The highest BCUT2D eigenvalue weighted by atomic mass is 32.2. The Labute approximate surface area is 141 Å². The number of nitrogens with one attached hydrogen (secondary N) is 2. The van der Waals surface area contributed by atoms with Crippen molar-refractivity contribution in [1.29, 1.82) is 0 Å². The second kappa shape index (κ2) is 8.02. The van der Waals surface area contributed by atoms with Crippen LogP contribution in [0.15, 0.2) is 24.3 Å². The van der Waals surface area contributed by atoms with Gasteiger partial charge in [-0.3, -0.25) is 4.90 Å². The van der Waals surface area contributed by atoms with E-state index in [0.29, 0.717) is 25.9 Å². The van der Waals surface area contributed by atoms with Crippen LogP contribution >= 0.6 is 0 Å². The van der Waals surface area contributed by atoms with E-state index in [0.717, 1.165) is 0 Å². The van der Waals surface area contributed by atoms with Gasteiger partial charge in [-0.1, -0.05) is 18.2 Å². The van der Waals surface area contributed by atoms with Crippen molar-refractivity contribution in [1.82, 2.24) is 14.3 Å². The fourth-order valence-electron chi connectivity index (χ4n) is 2.84. The second-order valence-electron chi connectivity index (χ2n) is 5.58. The minimum Gasteiger partial charge on any atom is -0.468 e. The molecule has 2 rings (SSSR count). The van der Waals surface area contributed by atoms with Crippen LogP contribution in [0.1, 0.15) is 24.4 Å². The summed E-state index contributed by atoms with van der Waals surface area (Å²) in [7, 11) is -0.903. The van der Waals surface area contributed by atoms with Gasteiger partial charge in [-0.2, -0.15) is 13.1 Å². The number of rotatable bonds is 6. The molecule has 1 fully saturated rings. The lowest BCUT2D eigenvalue weighted by Gasteiger charge is -2.36. The predicted molar refractivity (Wildman–Crippen MR) is 86.9 cm³/mol. The van der Waals surface area contributed by atoms with Gasteiger partial charge >= 0.3 is 5.97 Å². The highest BCUT2D eigenvalue weighted by Gasteiger charge is 2.34. The van der Waals surface area contributed by atoms with Gasteiger partial charge in [0.2, 0.25) is 0 Å². The summed E-state index contributed by atoms with van der Waals surface area (Å²) in [5.74, 6) is -1.000. The average molecular weight is 359 g/mol. The Kier molecular flexibility index (Phi) is 6.27. The number of likely N-dealkylation sites (tertiary alicyclic amines) is 1. The molecule has 1 aromatic rings. The lowest BCUT2D eigenvalue weighted by atomic mass is 9.99. The molecule has 0 amide bonds. The third-order valence-corrected chi connectivity index (χ3v) is 5.29. The Morgan fingerprint density at radius 2 is 1.96 bits per heavy atom. The largest absolute Gasteiger partial charge is 0.468 e. The monoisotopic (exact) mass is 359 g/mol. The molecule has 1 aliphatic heterocycles. The molecule has 0 unspecified atom stereocenters. The van der Waals surface area contributed by atoms with E-state index >= 15 is 0 Å². The first-order chi connectivity index (χ1) is 11.4. The number of ether oxygens (including phenoxy) is 1. The smallest absolute Gasteiger partial charge is 0.327 e.